The average molecular weight is 375 g/mol. The van der Waals surface area contributed by atoms with Gasteiger partial charge in [-0.1, -0.05) is 67.3 Å². The standard InChI is InChI=1S/C22H25N5O/c23-19-11-10-18(17-8-2-1-3-9-17)14-20(19)24-22(28)21-15-27(26-25-21)13-12-16-6-4-5-7-16/h1-3,8-11,14-16H,4-7,12-13,23H2,(H,24,28). The van der Waals surface area contributed by atoms with E-state index in [1.54, 1.807) is 16.9 Å². The van der Waals surface area contributed by atoms with Gasteiger partial charge in [0, 0.05) is 6.54 Å². The normalized spacial score (nSPS) is 14.3. The Morgan fingerprint density at radius 2 is 1.89 bits per heavy atom. The van der Waals surface area contributed by atoms with Crippen LogP contribution in [0.2, 0.25) is 0 Å². The second kappa shape index (κ2) is 8.25. The summed E-state index contributed by atoms with van der Waals surface area (Å²) in [5, 5.41) is 11.0. The van der Waals surface area contributed by atoms with Crippen LogP contribution in [0.1, 0.15) is 42.6 Å². The summed E-state index contributed by atoms with van der Waals surface area (Å²) >= 11 is 0. The van der Waals surface area contributed by atoms with E-state index in [-0.39, 0.29) is 5.91 Å². The van der Waals surface area contributed by atoms with E-state index < -0.39 is 0 Å². The molecule has 3 aromatic rings. The van der Waals surface area contributed by atoms with Gasteiger partial charge in [-0.2, -0.15) is 0 Å². The maximum absolute atomic E-state index is 12.6. The Bertz CT molecular complexity index is 945. The van der Waals surface area contributed by atoms with Crippen molar-refractivity contribution in [1.82, 2.24) is 15.0 Å². The van der Waals surface area contributed by atoms with Crippen molar-refractivity contribution >= 4 is 17.3 Å². The highest BCUT2D eigenvalue weighted by molar-refractivity contribution is 6.04. The number of amides is 1. The van der Waals surface area contributed by atoms with Crippen LogP contribution < -0.4 is 11.1 Å². The van der Waals surface area contributed by atoms with Gasteiger partial charge in [0.1, 0.15) is 0 Å². The fraction of sp³-hybridized carbons (Fsp3) is 0.318. The molecule has 6 heteroatoms. The summed E-state index contributed by atoms with van der Waals surface area (Å²) in [6.45, 7) is 0.802. The van der Waals surface area contributed by atoms with E-state index in [4.69, 9.17) is 5.73 Å². The summed E-state index contributed by atoms with van der Waals surface area (Å²) in [6.07, 6.45) is 8.08. The van der Waals surface area contributed by atoms with Gasteiger partial charge in [-0.15, -0.1) is 5.10 Å². The molecule has 0 spiro atoms. The van der Waals surface area contributed by atoms with Crippen molar-refractivity contribution in [2.45, 2.75) is 38.6 Å². The highest BCUT2D eigenvalue weighted by Crippen LogP contribution is 2.28. The number of hydrogen-bond donors (Lipinski definition) is 2. The number of aryl methyl sites for hydroxylation is 1. The molecule has 1 saturated carbocycles. The second-order valence-corrected chi connectivity index (χ2v) is 7.43. The van der Waals surface area contributed by atoms with Crippen LogP contribution in [0.3, 0.4) is 0 Å². The van der Waals surface area contributed by atoms with Gasteiger partial charge in [-0.05, 0) is 35.6 Å². The van der Waals surface area contributed by atoms with E-state index in [9.17, 15) is 4.79 Å². The molecular weight excluding hydrogens is 350 g/mol. The highest BCUT2D eigenvalue weighted by Gasteiger charge is 2.16. The van der Waals surface area contributed by atoms with Crippen molar-refractivity contribution in [2.24, 2.45) is 5.92 Å². The number of nitrogens with zero attached hydrogens (tertiary/aromatic N) is 3. The smallest absolute Gasteiger partial charge is 0.277 e. The first-order valence-electron chi connectivity index (χ1n) is 9.85. The minimum Gasteiger partial charge on any atom is -0.397 e. The van der Waals surface area contributed by atoms with Gasteiger partial charge in [-0.25, -0.2) is 0 Å². The largest absolute Gasteiger partial charge is 0.397 e. The zero-order chi connectivity index (χ0) is 19.3. The van der Waals surface area contributed by atoms with Crippen LogP contribution in [0, 0.1) is 5.92 Å². The second-order valence-electron chi connectivity index (χ2n) is 7.43. The zero-order valence-electron chi connectivity index (χ0n) is 15.8. The van der Waals surface area contributed by atoms with Gasteiger partial charge < -0.3 is 11.1 Å². The summed E-state index contributed by atoms with van der Waals surface area (Å²) in [5.74, 6) is 0.478. The van der Waals surface area contributed by atoms with E-state index in [0.717, 1.165) is 30.0 Å². The number of rotatable bonds is 6. The number of benzene rings is 2. The lowest BCUT2D eigenvalue weighted by Crippen LogP contribution is -2.14. The first-order valence-corrected chi connectivity index (χ1v) is 9.85. The van der Waals surface area contributed by atoms with Gasteiger partial charge >= 0.3 is 0 Å². The first kappa shape index (κ1) is 18.2. The molecule has 2 aromatic carbocycles. The number of carbonyl (C=O) groups excluding carboxylic acids is 1. The summed E-state index contributed by atoms with van der Waals surface area (Å²) in [7, 11) is 0. The monoisotopic (exact) mass is 375 g/mol. The lowest BCUT2D eigenvalue weighted by molar-refractivity contribution is 0.102. The predicted molar refractivity (Wildman–Crippen MR) is 111 cm³/mol. The molecule has 1 aromatic heterocycles. The lowest BCUT2D eigenvalue weighted by Gasteiger charge is -2.10. The molecular formula is C22H25N5O. The van der Waals surface area contributed by atoms with Gasteiger partial charge in [0.05, 0.1) is 17.6 Å². The summed E-state index contributed by atoms with van der Waals surface area (Å²) in [5.41, 5.74) is 9.51. The molecule has 1 fully saturated rings. The predicted octanol–water partition coefficient (Wildman–Crippen LogP) is 4.36. The Morgan fingerprint density at radius 3 is 2.68 bits per heavy atom. The summed E-state index contributed by atoms with van der Waals surface area (Å²) in [6, 6.07) is 15.6. The topological polar surface area (TPSA) is 85.8 Å². The van der Waals surface area contributed by atoms with Gasteiger partial charge in [0.15, 0.2) is 5.69 Å². The third kappa shape index (κ3) is 4.22. The third-order valence-electron chi connectivity index (χ3n) is 5.42. The Balaban J connectivity index is 1.43. The molecule has 1 aliphatic carbocycles. The first-order chi connectivity index (χ1) is 13.7. The van der Waals surface area contributed by atoms with Crippen molar-refractivity contribution in [3.05, 3.63) is 60.4 Å². The van der Waals surface area contributed by atoms with Crippen LogP contribution in [-0.4, -0.2) is 20.9 Å². The Morgan fingerprint density at radius 1 is 1.11 bits per heavy atom. The Labute approximate surface area is 164 Å². The van der Waals surface area contributed by atoms with Crippen LogP contribution >= 0.6 is 0 Å². The van der Waals surface area contributed by atoms with Crippen molar-refractivity contribution in [2.75, 3.05) is 11.1 Å². The SMILES string of the molecule is Nc1ccc(-c2ccccc2)cc1NC(=O)c1cn(CCC2CCCC2)nn1. The third-order valence-corrected chi connectivity index (χ3v) is 5.42. The maximum atomic E-state index is 12.6. The number of nitrogens with one attached hydrogen (secondary N) is 1. The molecule has 28 heavy (non-hydrogen) atoms. The molecule has 1 aliphatic rings. The fourth-order valence-corrected chi connectivity index (χ4v) is 3.79. The Kier molecular flexibility index (Phi) is 5.37. The Hall–Kier alpha value is -3.15. The molecule has 0 atom stereocenters. The molecule has 0 aliphatic heterocycles. The number of carbonyl (C=O) groups is 1. The number of hydrogen-bond acceptors (Lipinski definition) is 4. The minimum atomic E-state index is -0.302. The van der Waals surface area contributed by atoms with E-state index >= 15 is 0 Å². The van der Waals surface area contributed by atoms with Crippen molar-refractivity contribution in [1.29, 1.82) is 0 Å². The number of anilines is 2. The molecule has 1 heterocycles. The minimum absolute atomic E-state index is 0.302. The molecule has 0 unspecified atom stereocenters. The van der Waals surface area contributed by atoms with Crippen LogP contribution in [0.15, 0.2) is 54.7 Å². The molecule has 6 nitrogen and oxygen atoms in total. The number of aromatic nitrogens is 3. The summed E-state index contributed by atoms with van der Waals surface area (Å²) in [4.78, 5) is 12.6. The maximum Gasteiger partial charge on any atom is 0.277 e. The molecule has 0 bridgehead atoms. The average Bonchev–Trinajstić information content (AvgIpc) is 3.40. The van der Waals surface area contributed by atoms with E-state index in [1.807, 2.05) is 42.5 Å². The zero-order valence-corrected chi connectivity index (χ0v) is 15.8. The van der Waals surface area contributed by atoms with Crippen LogP contribution in [-0.2, 0) is 6.54 Å². The van der Waals surface area contributed by atoms with Crippen LogP contribution in [0.5, 0.6) is 0 Å². The van der Waals surface area contributed by atoms with Gasteiger partial charge in [-0.3, -0.25) is 9.48 Å². The summed E-state index contributed by atoms with van der Waals surface area (Å²) < 4.78 is 1.76. The highest BCUT2D eigenvalue weighted by atomic mass is 16.2. The van der Waals surface area contributed by atoms with Crippen LogP contribution in [0.25, 0.3) is 11.1 Å². The molecule has 1 amide bonds. The molecule has 0 saturated heterocycles. The molecule has 3 N–H and O–H groups in total. The van der Waals surface area contributed by atoms with Gasteiger partial charge in [0.25, 0.3) is 5.91 Å². The van der Waals surface area contributed by atoms with Crippen LogP contribution in [0.4, 0.5) is 11.4 Å². The quantitative estimate of drug-likeness (QED) is 0.627. The lowest BCUT2D eigenvalue weighted by atomic mass is 10.0. The molecule has 0 radical (unpaired) electrons. The van der Waals surface area contributed by atoms with Crippen molar-refractivity contribution in [3.63, 3.8) is 0 Å². The van der Waals surface area contributed by atoms with Crippen molar-refractivity contribution in [3.8, 4) is 11.1 Å². The van der Waals surface area contributed by atoms with Crippen molar-refractivity contribution < 1.29 is 4.79 Å². The van der Waals surface area contributed by atoms with E-state index in [2.05, 4.69) is 15.6 Å². The fourth-order valence-electron chi connectivity index (χ4n) is 3.79. The van der Waals surface area contributed by atoms with E-state index in [0.29, 0.717) is 17.1 Å². The number of nitrogen functional groups attached to an aromatic ring is 1. The number of nitrogens with two attached hydrogens (primary N) is 1. The van der Waals surface area contributed by atoms with E-state index in [1.165, 1.54) is 25.7 Å². The molecule has 144 valence electrons. The molecule has 4 rings (SSSR count). The van der Waals surface area contributed by atoms with Gasteiger partial charge in [0.2, 0.25) is 0 Å².